The first-order valence-electron chi connectivity index (χ1n) is 4.85. The molecule has 0 saturated heterocycles. The summed E-state index contributed by atoms with van der Waals surface area (Å²) >= 11 is 0. The maximum Gasteiger partial charge on any atom is 0.229 e. The molecule has 1 aliphatic heterocycles. The number of para-hydroxylation sites is 2. The first kappa shape index (κ1) is 9.06. The fourth-order valence-electron chi connectivity index (χ4n) is 1.56. The van der Waals surface area contributed by atoms with Crippen molar-refractivity contribution < 1.29 is 4.79 Å². The molecule has 1 aromatic carbocycles. The van der Waals surface area contributed by atoms with Gasteiger partial charge in [-0.25, -0.2) is 0 Å². The van der Waals surface area contributed by atoms with Gasteiger partial charge in [-0.3, -0.25) is 4.79 Å². The van der Waals surface area contributed by atoms with Crippen molar-refractivity contribution in [3.8, 4) is 0 Å². The van der Waals surface area contributed by atoms with Gasteiger partial charge in [0.2, 0.25) is 5.91 Å². The van der Waals surface area contributed by atoms with Gasteiger partial charge in [-0.05, 0) is 19.1 Å². The van der Waals surface area contributed by atoms with Gasteiger partial charge in [0.1, 0.15) is 0 Å². The third-order valence-electron chi connectivity index (χ3n) is 2.73. The van der Waals surface area contributed by atoms with Crippen LogP contribution < -0.4 is 10.6 Å². The lowest BCUT2D eigenvalue weighted by atomic mass is 10.0. The molecule has 0 saturated carbocycles. The van der Waals surface area contributed by atoms with Gasteiger partial charge in [0, 0.05) is 6.04 Å². The normalized spacial score (nSPS) is 25.7. The van der Waals surface area contributed by atoms with Crippen LogP contribution in [0.15, 0.2) is 24.3 Å². The summed E-state index contributed by atoms with van der Waals surface area (Å²) in [5, 5.41) is 6.22. The number of carbonyl (C=O) groups excluding carboxylic acids is 1. The van der Waals surface area contributed by atoms with E-state index in [0.717, 1.165) is 11.4 Å². The molecule has 74 valence electrons. The van der Waals surface area contributed by atoms with Gasteiger partial charge in [0.25, 0.3) is 0 Å². The first-order valence-corrected chi connectivity index (χ1v) is 4.85. The highest BCUT2D eigenvalue weighted by Gasteiger charge is 2.24. The lowest BCUT2D eigenvalue weighted by Crippen LogP contribution is -2.30. The molecule has 1 heterocycles. The molecule has 3 nitrogen and oxygen atoms in total. The summed E-state index contributed by atoms with van der Waals surface area (Å²) in [6, 6.07) is 7.93. The topological polar surface area (TPSA) is 41.1 Å². The van der Waals surface area contributed by atoms with E-state index in [-0.39, 0.29) is 17.9 Å². The number of hydrogen-bond donors (Lipinski definition) is 2. The monoisotopic (exact) mass is 190 g/mol. The van der Waals surface area contributed by atoms with Crippen LogP contribution in [0.3, 0.4) is 0 Å². The SMILES string of the molecule is CC1Nc2ccccc2NC(=O)C1C. The summed E-state index contributed by atoms with van der Waals surface area (Å²) < 4.78 is 0. The number of nitrogens with one attached hydrogen (secondary N) is 2. The van der Waals surface area contributed by atoms with E-state index in [9.17, 15) is 4.79 Å². The minimum atomic E-state index is -0.0117. The second-order valence-corrected chi connectivity index (χ2v) is 3.76. The molecule has 0 aliphatic carbocycles. The summed E-state index contributed by atoms with van der Waals surface area (Å²) in [5.41, 5.74) is 1.87. The minimum absolute atomic E-state index is 0.0117. The lowest BCUT2D eigenvalue weighted by Gasteiger charge is -2.16. The third kappa shape index (κ3) is 1.45. The van der Waals surface area contributed by atoms with Gasteiger partial charge < -0.3 is 10.6 Å². The Kier molecular flexibility index (Phi) is 2.15. The number of rotatable bonds is 0. The molecule has 2 unspecified atom stereocenters. The quantitative estimate of drug-likeness (QED) is 0.657. The maximum atomic E-state index is 11.6. The van der Waals surface area contributed by atoms with Crippen molar-refractivity contribution >= 4 is 17.3 Å². The van der Waals surface area contributed by atoms with Gasteiger partial charge in [0.15, 0.2) is 0 Å². The summed E-state index contributed by atoms with van der Waals surface area (Å²) in [4.78, 5) is 11.6. The van der Waals surface area contributed by atoms with E-state index < -0.39 is 0 Å². The van der Waals surface area contributed by atoms with Gasteiger partial charge in [-0.2, -0.15) is 0 Å². The van der Waals surface area contributed by atoms with Crippen LogP contribution in [0.5, 0.6) is 0 Å². The van der Waals surface area contributed by atoms with Gasteiger partial charge in [0.05, 0.1) is 17.3 Å². The number of carbonyl (C=O) groups is 1. The number of fused-ring (bicyclic) bond motifs is 1. The number of benzene rings is 1. The van der Waals surface area contributed by atoms with E-state index in [4.69, 9.17) is 0 Å². The molecule has 14 heavy (non-hydrogen) atoms. The third-order valence-corrected chi connectivity index (χ3v) is 2.73. The Labute approximate surface area is 83.5 Å². The Hall–Kier alpha value is -1.51. The fraction of sp³-hybridized carbons (Fsp3) is 0.364. The second kappa shape index (κ2) is 3.33. The molecule has 3 heteroatoms. The molecular weight excluding hydrogens is 176 g/mol. The number of amides is 1. The van der Waals surface area contributed by atoms with E-state index >= 15 is 0 Å². The zero-order valence-corrected chi connectivity index (χ0v) is 8.37. The highest BCUT2D eigenvalue weighted by molar-refractivity contribution is 5.97. The maximum absolute atomic E-state index is 11.6. The molecule has 2 N–H and O–H groups in total. The van der Waals surface area contributed by atoms with Crippen LogP contribution in [-0.2, 0) is 4.79 Å². The molecule has 0 aromatic heterocycles. The summed E-state index contributed by atoms with van der Waals surface area (Å²) in [5.74, 6) is 0.0670. The Bertz CT molecular complexity index is 362. The Morgan fingerprint density at radius 1 is 1.14 bits per heavy atom. The van der Waals surface area contributed by atoms with Crippen LogP contribution in [0.25, 0.3) is 0 Å². The highest BCUT2D eigenvalue weighted by Crippen LogP contribution is 2.27. The van der Waals surface area contributed by atoms with E-state index in [1.807, 2.05) is 38.1 Å². The Balaban J connectivity index is 2.39. The zero-order chi connectivity index (χ0) is 10.1. The molecule has 1 aromatic rings. The summed E-state index contributed by atoms with van der Waals surface area (Å²) in [6.45, 7) is 3.95. The molecule has 0 fully saturated rings. The van der Waals surface area contributed by atoms with Crippen LogP contribution >= 0.6 is 0 Å². The molecule has 0 spiro atoms. The molecular formula is C11H14N2O. The van der Waals surface area contributed by atoms with Gasteiger partial charge in [-0.15, -0.1) is 0 Å². The van der Waals surface area contributed by atoms with E-state index in [2.05, 4.69) is 10.6 Å². The van der Waals surface area contributed by atoms with Gasteiger partial charge in [-0.1, -0.05) is 19.1 Å². The van der Waals surface area contributed by atoms with Crippen molar-refractivity contribution in [2.75, 3.05) is 10.6 Å². The van der Waals surface area contributed by atoms with E-state index in [0.29, 0.717) is 0 Å². The Morgan fingerprint density at radius 2 is 1.79 bits per heavy atom. The predicted molar refractivity (Wildman–Crippen MR) is 57.3 cm³/mol. The predicted octanol–water partition coefficient (Wildman–Crippen LogP) is 2.08. The Morgan fingerprint density at radius 3 is 2.50 bits per heavy atom. The first-order chi connectivity index (χ1) is 6.68. The summed E-state index contributed by atoms with van der Waals surface area (Å²) in [6.07, 6.45) is 0. The van der Waals surface area contributed by atoms with E-state index in [1.165, 1.54) is 0 Å². The average molecular weight is 190 g/mol. The van der Waals surface area contributed by atoms with Crippen LogP contribution in [0, 0.1) is 5.92 Å². The molecule has 0 bridgehead atoms. The highest BCUT2D eigenvalue weighted by atomic mass is 16.1. The molecule has 1 aliphatic rings. The van der Waals surface area contributed by atoms with Crippen LogP contribution in [0.4, 0.5) is 11.4 Å². The molecule has 2 atom stereocenters. The second-order valence-electron chi connectivity index (χ2n) is 3.76. The number of anilines is 2. The van der Waals surface area contributed by atoms with Crippen molar-refractivity contribution in [3.63, 3.8) is 0 Å². The molecule has 1 amide bonds. The van der Waals surface area contributed by atoms with Gasteiger partial charge >= 0.3 is 0 Å². The van der Waals surface area contributed by atoms with Crippen molar-refractivity contribution in [2.24, 2.45) is 5.92 Å². The largest absolute Gasteiger partial charge is 0.380 e. The molecule has 2 rings (SSSR count). The average Bonchev–Trinajstić information content (AvgIpc) is 2.28. The zero-order valence-electron chi connectivity index (χ0n) is 8.37. The number of hydrogen-bond acceptors (Lipinski definition) is 2. The van der Waals surface area contributed by atoms with Crippen LogP contribution in [0.2, 0.25) is 0 Å². The summed E-state index contributed by atoms with van der Waals surface area (Å²) in [7, 11) is 0. The fourth-order valence-corrected chi connectivity index (χ4v) is 1.56. The lowest BCUT2D eigenvalue weighted by molar-refractivity contribution is -0.119. The van der Waals surface area contributed by atoms with Crippen molar-refractivity contribution in [2.45, 2.75) is 19.9 Å². The smallest absolute Gasteiger partial charge is 0.229 e. The van der Waals surface area contributed by atoms with Crippen molar-refractivity contribution in [1.82, 2.24) is 0 Å². The van der Waals surface area contributed by atoms with E-state index in [1.54, 1.807) is 0 Å². The van der Waals surface area contributed by atoms with Crippen LogP contribution in [0.1, 0.15) is 13.8 Å². The van der Waals surface area contributed by atoms with Crippen molar-refractivity contribution in [3.05, 3.63) is 24.3 Å². The van der Waals surface area contributed by atoms with Crippen LogP contribution in [-0.4, -0.2) is 11.9 Å². The molecule has 0 radical (unpaired) electrons. The standard InChI is InChI=1S/C11H14N2O/c1-7-8(2)12-9-5-3-4-6-10(9)13-11(7)14/h3-8,12H,1-2H3,(H,13,14). The minimum Gasteiger partial charge on any atom is -0.380 e. The van der Waals surface area contributed by atoms with Crippen molar-refractivity contribution in [1.29, 1.82) is 0 Å².